The van der Waals surface area contributed by atoms with Crippen LogP contribution in [0, 0.1) is 0 Å². The van der Waals surface area contributed by atoms with Crippen molar-refractivity contribution in [2.24, 2.45) is 0 Å². The summed E-state index contributed by atoms with van der Waals surface area (Å²) in [7, 11) is 1.54. The number of hydrogen-bond donors (Lipinski definition) is 0. The maximum absolute atomic E-state index is 12.4. The number of piperazine rings is 1. The van der Waals surface area contributed by atoms with E-state index in [0.29, 0.717) is 6.61 Å². The van der Waals surface area contributed by atoms with Gasteiger partial charge in [-0.3, -0.25) is 9.69 Å². The zero-order chi connectivity index (χ0) is 20.2. The Balaban J connectivity index is 1.31. The summed E-state index contributed by atoms with van der Waals surface area (Å²) in [6, 6.07) is 7.92. The summed E-state index contributed by atoms with van der Waals surface area (Å²) in [5.74, 6) is 1.09. The Bertz CT molecular complexity index is 729. The number of rotatable bonds is 5. The van der Waals surface area contributed by atoms with Gasteiger partial charge in [-0.05, 0) is 58.1 Å². The number of amides is 1. The quantitative estimate of drug-likeness (QED) is 0.721. The predicted octanol–water partition coefficient (Wildman–Crippen LogP) is 1.67. The minimum Gasteiger partial charge on any atom is -0.492 e. The van der Waals surface area contributed by atoms with Crippen molar-refractivity contribution in [3.63, 3.8) is 0 Å². The number of hydrogen-bond acceptors (Lipinski definition) is 5. The first kappa shape index (κ1) is 19.7. The maximum atomic E-state index is 12.4. The first-order valence-electron chi connectivity index (χ1n) is 10.2. The van der Waals surface area contributed by atoms with E-state index in [1.165, 1.54) is 0 Å². The third-order valence-electron chi connectivity index (χ3n) is 6.81. The number of carbonyl (C=O) groups excluding carboxylic acids is 1. The van der Waals surface area contributed by atoms with E-state index < -0.39 is 0 Å². The van der Waals surface area contributed by atoms with Gasteiger partial charge in [-0.2, -0.15) is 0 Å². The molecule has 152 valence electrons. The zero-order valence-corrected chi connectivity index (χ0v) is 17.7. The van der Waals surface area contributed by atoms with Crippen molar-refractivity contribution in [2.75, 3.05) is 33.3 Å². The summed E-state index contributed by atoms with van der Waals surface area (Å²) in [4.78, 5) is 16.6. The molecule has 0 unspecified atom stereocenters. The molecule has 28 heavy (non-hydrogen) atoms. The Morgan fingerprint density at radius 1 is 1.04 bits per heavy atom. The fourth-order valence-electron chi connectivity index (χ4n) is 4.03. The minimum atomic E-state index is -0.356. The molecule has 1 aliphatic carbocycles. The van der Waals surface area contributed by atoms with E-state index in [-0.39, 0.29) is 29.8 Å². The molecule has 3 aliphatic rings. The van der Waals surface area contributed by atoms with E-state index in [1.807, 2.05) is 36.2 Å². The molecular weight excluding hydrogens is 355 g/mol. The van der Waals surface area contributed by atoms with Crippen LogP contribution in [-0.4, -0.2) is 72.9 Å². The van der Waals surface area contributed by atoms with E-state index in [1.54, 1.807) is 0 Å². The van der Waals surface area contributed by atoms with Crippen LogP contribution in [-0.2, 0) is 14.1 Å². The molecule has 2 aliphatic heterocycles. The van der Waals surface area contributed by atoms with Crippen LogP contribution in [0.2, 0.25) is 0 Å². The minimum absolute atomic E-state index is 0.239. The van der Waals surface area contributed by atoms with Gasteiger partial charge in [0.1, 0.15) is 17.9 Å². The maximum Gasteiger partial charge on any atom is 0.494 e. The molecule has 3 fully saturated rings. The summed E-state index contributed by atoms with van der Waals surface area (Å²) in [5.41, 5.74) is 0.0706. The third-order valence-corrected chi connectivity index (χ3v) is 6.81. The number of nitrogens with zero attached hydrogens (tertiary/aromatic N) is 2. The Labute approximate surface area is 168 Å². The molecule has 6 nitrogen and oxygen atoms in total. The van der Waals surface area contributed by atoms with E-state index in [0.717, 1.165) is 43.7 Å². The fraction of sp³-hybridized carbons (Fsp3) is 0.667. The van der Waals surface area contributed by atoms with Crippen molar-refractivity contribution < 1.29 is 18.8 Å². The molecule has 1 aromatic carbocycles. The number of carbonyl (C=O) groups is 1. The van der Waals surface area contributed by atoms with Crippen LogP contribution in [0.1, 0.15) is 40.5 Å². The molecule has 2 saturated heterocycles. The van der Waals surface area contributed by atoms with Crippen molar-refractivity contribution >= 4 is 18.5 Å². The molecule has 1 saturated carbocycles. The lowest BCUT2D eigenvalue weighted by atomic mass is 9.79. The molecule has 1 aromatic rings. The summed E-state index contributed by atoms with van der Waals surface area (Å²) in [6.07, 6.45) is 1.94. The molecule has 0 radical (unpaired) electrons. The van der Waals surface area contributed by atoms with Crippen LogP contribution in [0.15, 0.2) is 24.3 Å². The third kappa shape index (κ3) is 3.33. The van der Waals surface area contributed by atoms with Crippen LogP contribution in [0.5, 0.6) is 5.75 Å². The van der Waals surface area contributed by atoms with Crippen LogP contribution >= 0.6 is 0 Å². The molecule has 0 bridgehead atoms. The first-order chi connectivity index (χ1) is 13.1. The van der Waals surface area contributed by atoms with E-state index in [2.05, 4.69) is 32.6 Å². The smallest absolute Gasteiger partial charge is 0.492 e. The average molecular weight is 386 g/mol. The van der Waals surface area contributed by atoms with Gasteiger partial charge in [0, 0.05) is 26.7 Å². The second-order valence-corrected chi connectivity index (χ2v) is 9.25. The Morgan fingerprint density at radius 2 is 1.64 bits per heavy atom. The lowest BCUT2D eigenvalue weighted by molar-refractivity contribution is -0.142. The highest BCUT2D eigenvalue weighted by Crippen LogP contribution is 2.44. The van der Waals surface area contributed by atoms with Gasteiger partial charge in [0.25, 0.3) is 0 Å². The SMILES string of the molecule is CN1CCN(CCOc2ccc(B3OC(C)(C)C(C)(C)O3)cc2)C2(CC2)C1=O. The van der Waals surface area contributed by atoms with E-state index in [4.69, 9.17) is 14.0 Å². The van der Waals surface area contributed by atoms with E-state index >= 15 is 0 Å². The lowest BCUT2D eigenvalue weighted by Gasteiger charge is -2.39. The van der Waals surface area contributed by atoms with Crippen LogP contribution in [0.25, 0.3) is 0 Å². The second kappa shape index (κ2) is 6.75. The predicted molar refractivity (Wildman–Crippen MR) is 109 cm³/mol. The summed E-state index contributed by atoms with van der Waals surface area (Å²) < 4.78 is 18.1. The highest BCUT2D eigenvalue weighted by molar-refractivity contribution is 6.62. The Kier molecular flexibility index (Phi) is 4.76. The Morgan fingerprint density at radius 3 is 2.21 bits per heavy atom. The zero-order valence-electron chi connectivity index (χ0n) is 17.7. The standard InChI is InChI=1S/C21H31BN2O4/c1-19(2)20(3,4)28-22(27-19)16-6-8-17(9-7-16)26-15-14-24-13-12-23(5)18(25)21(24)10-11-21/h6-9H,10-15H2,1-5H3. The normalized spacial score (nSPS) is 25.4. The van der Waals surface area contributed by atoms with Gasteiger partial charge in [-0.25, -0.2) is 0 Å². The monoisotopic (exact) mass is 386 g/mol. The molecular formula is C21H31BN2O4. The van der Waals surface area contributed by atoms with Crippen molar-refractivity contribution in [3.05, 3.63) is 24.3 Å². The van der Waals surface area contributed by atoms with Gasteiger partial charge in [-0.1, -0.05) is 12.1 Å². The lowest BCUT2D eigenvalue weighted by Crippen LogP contribution is -2.58. The molecule has 0 atom stereocenters. The van der Waals surface area contributed by atoms with Gasteiger partial charge in [0.05, 0.1) is 11.2 Å². The molecule has 1 spiro atoms. The summed E-state index contributed by atoms with van der Waals surface area (Å²) >= 11 is 0. The second-order valence-electron chi connectivity index (χ2n) is 9.25. The Hall–Kier alpha value is -1.57. The molecule has 1 amide bonds. The number of likely N-dealkylation sites (N-methyl/N-ethyl adjacent to an activating group) is 1. The highest BCUT2D eigenvalue weighted by Gasteiger charge is 2.57. The molecule has 2 heterocycles. The fourth-order valence-corrected chi connectivity index (χ4v) is 4.03. The van der Waals surface area contributed by atoms with Gasteiger partial charge < -0.3 is 18.9 Å². The van der Waals surface area contributed by atoms with Gasteiger partial charge >= 0.3 is 7.12 Å². The van der Waals surface area contributed by atoms with Crippen LogP contribution in [0.4, 0.5) is 0 Å². The molecule has 7 heteroatoms. The molecule has 0 N–H and O–H groups in total. The largest absolute Gasteiger partial charge is 0.494 e. The van der Waals surface area contributed by atoms with Crippen LogP contribution in [0.3, 0.4) is 0 Å². The summed E-state index contributed by atoms with van der Waals surface area (Å²) in [5, 5.41) is 0. The van der Waals surface area contributed by atoms with Gasteiger partial charge in [0.2, 0.25) is 5.91 Å². The van der Waals surface area contributed by atoms with Gasteiger partial charge in [0.15, 0.2) is 0 Å². The topological polar surface area (TPSA) is 51.2 Å². The first-order valence-corrected chi connectivity index (χ1v) is 10.2. The van der Waals surface area contributed by atoms with Crippen LogP contribution < -0.4 is 10.2 Å². The summed E-state index contributed by atoms with van der Waals surface area (Å²) in [6.45, 7) is 11.3. The van der Waals surface area contributed by atoms with E-state index in [9.17, 15) is 4.79 Å². The number of benzene rings is 1. The van der Waals surface area contributed by atoms with Crippen molar-refractivity contribution in [1.29, 1.82) is 0 Å². The van der Waals surface area contributed by atoms with Crippen molar-refractivity contribution in [2.45, 2.75) is 57.3 Å². The average Bonchev–Trinajstić information content (AvgIpc) is 3.39. The number of ether oxygens (including phenoxy) is 1. The molecule has 0 aromatic heterocycles. The van der Waals surface area contributed by atoms with Crippen molar-refractivity contribution in [3.8, 4) is 5.75 Å². The van der Waals surface area contributed by atoms with Crippen molar-refractivity contribution in [1.82, 2.24) is 9.80 Å². The van der Waals surface area contributed by atoms with Gasteiger partial charge in [-0.15, -0.1) is 0 Å². The highest BCUT2D eigenvalue weighted by atomic mass is 16.7. The molecule has 4 rings (SSSR count).